The summed E-state index contributed by atoms with van der Waals surface area (Å²) in [6.07, 6.45) is 0. The van der Waals surface area contributed by atoms with Gasteiger partial charge in [0, 0.05) is 4.88 Å². The third-order valence-corrected chi connectivity index (χ3v) is 3.33. The number of benzene rings is 1. The number of carbonyl (C=O) groups excluding carboxylic acids is 1. The topological polar surface area (TPSA) is 61.5 Å². The number of anilines is 1. The fourth-order valence-electron chi connectivity index (χ4n) is 1.62. The Hall–Kier alpha value is -2.01. The Morgan fingerprint density at radius 3 is 2.84 bits per heavy atom. The van der Waals surface area contributed by atoms with Gasteiger partial charge in [0.25, 0.3) is 0 Å². The second kappa shape index (κ2) is 6.24. The summed E-state index contributed by atoms with van der Waals surface area (Å²) in [6.45, 7) is 2.46. The van der Waals surface area contributed by atoms with Crippen LogP contribution in [-0.2, 0) is 11.3 Å². The lowest BCUT2D eigenvalue weighted by atomic mass is 10.1. The van der Waals surface area contributed by atoms with Crippen molar-refractivity contribution in [1.29, 1.82) is 0 Å². The molecule has 1 aromatic carbocycles. The first kappa shape index (κ1) is 13.4. The number of thiophene rings is 1. The van der Waals surface area contributed by atoms with Crippen LogP contribution in [0.25, 0.3) is 0 Å². The van der Waals surface area contributed by atoms with E-state index in [1.807, 2.05) is 17.5 Å². The Labute approximate surface area is 115 Å². The summed E-state index contributed by atoms with van der Waals surface area (Å²) < 4.78 is 10.7. The number of rotatable bonds is 5. The summed E-state index contributed by atoms with van der Waals surface area (Å²) in [4.78, 5) is 12.9. The molecule has 5 heteroatoms. The lowest BCUT2D eigenvalue weighted by Gasteiger charge is -2.12. The van der Waals surface area contributed by atoms with Gasteiger partial charge >= 0.3 is 5.97 Å². The fraction of sp³-hybridized carbons (Fsp3) is 0.214. The van der Waals surface area contributed by atoms with Crippen LogP contribution in [0.4, 0.5) is 5.69 Å². The maximum absolute atomic E-state index is 11.8. The Morgan fingerprint density at radius 2 is 2.16 bits per heavy atom. The largest absolute Gasteiger partial charge is 0.485 e. The molecule has 0 spiro atoms. The molecule has 0 unspecified atom stereocenters. The molecule has 0 atom stereocenters. The maximum Gasteiger partial charge on any atom is 0.341 e. The number of nitrogens with two attached hydrogens (primary N) is 1. The van der Waals surface area contributed by atoms with E-state index in [1.165, 1.54) is 0 Å². The van der Waals surface area contributed by atoms with Crippen molar-refractivity contribution < 1.29 is 14.3 Å². The minimum Gasteiger partial charge on any atom is -0.485 e. The molecule has 100 valence electrons. The van der Waals surface area contributed by atoms with Crippen molar-refractivity contribution in [3.8, 4) is 5.75 Å². The molecule has 0 fully saturated rings. The van der Waals surface area contributed by atoms with Gasteiger partial charge in [-0.25, -0.2) is 4.79 Å². The smallest absolute Gasteiger partial charge is 0.341 e. The first-order chi connectivity index (χ1) is 9.22. The summed E-state index contributed by atoms with van der Waals surface area (Å²) in [7, 11) is 0. The molecule has 0 amide bonds. The molecular formula is C14H15NO3S. The average molecular weight is 277 g/mol. The van der Waals surface area contributed by atoms with Crippen molar-refractivity contribution in [2.24, 2.45) is 0 Å². The van der Waals surface area contributed by atoms with Gasteiger partial charge < -0.3 is 15.2 Å². The zero-order chi connectivity index (χ0) is 13.7. The highest BCUT2D eigenvalue weighted by molar-refractivity contribution is 7.09. The number of esters is 1. The molecule has 0 aliphatic carbocycles. The molecule has 0 aliphatic rings. The third kappa shape index (κ3) is 3.26. The Morgan fingerprint density at radius 1 is 1.32 bits per heavy atom. The van der Waals surface area contributed by atoms with Gasteiger partial charge in [0.15, 0.2) is 5.75 Å². The Balaban J connectivity index is 2.20. The van der Waals surface area contributed by atoms with E-state index in [2.05, 4.69) is 0 Å². The normalized spacial score (nSPS) is 10.2. The zero-order valence-corrected chi connectivity index (χ0v) is 11.4. The number of nitrogen functional groups attached to an aromatic ring is 1. The molecule has 4 nitrogen and oxygen atoms in total. The van der Waals surface area contributed by atoms with E-state index in [0.717, 1.165) is 4.88 Å². The molecule has 0 bridgehead atoms. The van der Waals surface area contributed by atoms with Crippen LogP contribution in [0.5, 0.6) is 5.75 Å². The molecule has 2 N–H and O–H groups in total. The molecular weight excluding hydrogens is 262 g/mol. The van der Waals surface area contributed by atoms with Crippen LogP contribution in [0.2, 0.25) is 0 Å². The van der Waals surface area contributed by atoms with Crippen LogP contribution in [-0.4, -0.2) is 12.6 Å². The quantitative estimate of drug-likeness (QED) is 0.674. The predicted octanol–water partition coefficient (Wildman–Crippen LogP) is 3.09. The van der Waals surface area contributed by atoms with Crippen LogP contribution in [0.15, 0.2) is 35.7 Å². The molecule has 1 aromatic heterocycles. The zero-order valence-electron chi connectivity index (χ0n) is 10.6. The first-order valence-electron chi connectivity index (χ1n) is 5.93. The van der Waals surface area contributed by atoms with Gasteiger partial charge in [-0.2, -0.15) is 0 Å². The fourth-order valence-corrected chi connectivity index (χ4v) is 2.24. The summed E-state index contributed by atoms with van der Waals surface area (Å²) in [5, 5.41) is 1.97. The molecule has 0 aliphatic heterocycles. The van der Waals surface area contributed by atoms with E-state index in [4.69, 9.17) is 15.2 Å². The minimum atomic E-state index is -0.420. The van der Waals surface area contributed by atoms with Gasteiger partial charge in [-0.3, -0.25) is 0 Å². The lowest BCUT2D eigenvalue weighted by Crippen LogP contribution is -2.09. The van der Waals surface area contributed by atoms with Crippen molar-refractivity contribution in [3.05, 3.63) is 46.2 Å². The van der Waals surface area contributed by atoms with Crippen molar-refractivity contribution in [2.45, 2.75) is 13.5 Å². The minimum absolute atomic E-state index is 0.317. The number of carbonyl (C=O) groups is 1. The van der Waals surface area contributed by atoms with Crippen molar-refractivity contribution >= 4 is 23.0 Å². The number of ether oxygens (including phenoxy) is 2. The monoisotopic (exact) mass is 277 g/mol. The van der Waals surface area contributed by atoms with Crippen LogP contribution in [0, 0.1) is 0 Å². The van der Waals surface area contributed by atoms with Gasteiger partial charge in [0.1, 0.15) is 12.2 Å². The molecule has 19 heavy (non-hydrogen) atoms. The summed E-state index contributed by atoms with van der Waals surface area (Å²) in [6, 6.07) is 8.97. The summed E-state index contributed by atoms with van der Waals surface area (Å²) >= 11 is 1.59. The van der Waals surface area contributed by atoms with Gasteiger partial charge in [-0.15, -0.1) is 11.3 Å². The molecule has 2 aromatic rings. The maximum atomic E-state index is 11.8. The van der Waals surface area contributed by atoms with Gasteiger partial charge in [0.05, 0.1) is 12.3 Å². The van der Waals surface area contributed by atoms with E-state index in [0.29, 0.717) is 30.2 Å². The SMILES string of the molecule is CCOC(=O)c1cccc(N)c1OCc1cccs1. The number of hydrogen-bond acceptors (Lipinski definition) is 5. The highest BCUT2D eigenvalue weighted by Gasteiger charge is 2.16. The Bertz CT molecular complexity index is 552. The second-order valence-corrected chi connectivity index (χ2v) is 4.84. The summed E-state index contributed by atoms with van der Waals surface area (Å²) in [5.74, 6) is -0.0367. The third-order valence-electron chi connectivity index (χ3n) is 2.48. The standard InChI is InChI=1S/C14H15NO3S/c1-2-17-14(16)11-6-3-7-12(15)13(11)18-9-10-5-4-8-19-10/h3-8H,2,9,15H2,1H3. The van der Waals surface area contributed by atoms with Gasteiger partial charge in [-0.05, 0) is 30.5 Å². The van der Waals surface area contributed by atoms with Crippen molar-refractivity contribution in [2.75, 3.05) is 12.3 Å². The van der Waals surface area contributed by atoms with Crippen molar-refractivity contribution in [3.63, 3.8) is 0 Å². The van der Waals surface area contributed by atoms with E-state index in [9.17, 15) is 4.79 Å². The van der Waals surface area contributed by atoms with Crippen LogP contribution in [0.1, 0.15) is 22.2 Å². The molecule has 1 heterocycles. The molecule has 0 radical (unpaired) electrons. The van der Waals surface area contributed by atoms with E-state index in [1.54, 1.807) is 36.5 Å². The second-order valence-electron chi connectivity index (χ2n) is 3.81. The lowest BCUT2D eigenvalue weighted by molar-refractivity contribution is 0.0521. The van der Waals surface area contributed by atoms with E-state index in [-0.39, 0.29) is 0 Å². The highest BCUT2D eigenvalue weighted by Crippen LogP contribution is 2.28. The van der Waals surface area contributed by atoms with Crippen LogP contribution in [0.3, 0.4) is 0 Å². The molecule has 0 saturated carbocycles. The van der Waals surface area contributed by atoms with E-state index >= 15 is 0 Å². The van der Waals surface area contributed by atoms with Crippen LogP contribution >= 0.6 is 11.3 Å². The highest BCUT2D eigenvalue weighted by atomic mass is 32.1. The Kier molecular flexibility index (Phi) is 4.41. The van der Waals surface area contributed by atoms with Crippen molar-refractivity contribution in [1.82, 2.24) is 0 Å². The molecule has 0 saturated heterocycles. The van der Waals surface area contributed by atoms with E-state index < -0.39 is 5.97 Å². The van der Waals surface area contributed by atoms with Crippen LogP contribution < -0.4 is 10.5 Å². The number of para-hydroxylation sites is 1. The molecule has 2 rings (SSSR count). The van der Waals surface area contributed by atoms with Gasteiger partial charge in [-0.1, -0.05) is 12.1 Å². The van der Waals surface area contributed by atoms with Gasteiger partial charge in [0.2, 0.25) is 0 Å². The predicted molar refractivity (Wildman–Crippen MR) is 75.5 cm³/mol. The number of hydrogen-bond donors (Lipinski definition) is 1. The first-order valence-corrected chi connectivity index (χ1v) is 6.81. The summed E-state index contributed by atoms with van der Waals surface area (Å²) in [5.41, 5.74) is 6.66. The average Bonchev–Trinajstić information content (AvgIpc) is 2.90.